The van der Waals surface area contributed by atoms with Crippen LogP contribution >= 0.6 is 0 Å². The van der Waals surface area contributed by atoms with E-state index in [0.717, 1.165) is 6.54 Å². The molecule has 1 aliphatic rings. The summed E-state index contributed by atoms with van der Waals surface area (Å²) in [7, 11) is 0. The average Bonchev–Trinajstić information content (AvgIpc) is 2.77. The van der Waals surface area contributed by atoms with Crippen molar-refractivity contribution in [2.24, 2.45) is 10.4 Å². The van der Waals surface area contributed by atoms with Crippen molar-refractivity contribution in [3.05, 3.63) is 0 Å². The number of nitrogens with zero attached hydrogens (tertiary/aromatic N) is 2. The molecular weight excluding hydrogens is 334 g/mol. The maximum absolute atomic E-state index is 12.6. The summed E-state index contributed by atoms with van der Waals surface area (Å²) in [6.45, 7) is 10.7. The topological polar surface area (TPSA) is 44.7 Å². The summed E-state index contributed by atoms with van der Waals surface area (Å²) in [5.74, 6) is 0.179. The molecule has 0 aliphatic carbocycles. The molecule has 0 saturated carbocycles. The molecule has 0 radical (unpaired) electrons. The molecule has 1 amide bonds. The SMILES string of the molecule is CCCCCCCCCCCCCCNC(C)N1CCN=CC(C)(C)C1=O. The molecule has 0 spiro atoms. The van der Waals surface area contributed by atoms with Crippen LogP contribution in [0.15, 0.2) is 4.99 Å². The highest BCUT2D eigenvalue weighted by molar-refractivity contribution is 5.98. The van der Waals surface area contributed by atoms with Crippen LogP contribution in [0.25, 0.3) is 0 Å². The van der Waals surface area contributed by atoms with Gasteiger partial charge in [-0.25, -0.2) is 0 Å². The number of rotatable bonds is 15. The van der Waals surface area contributed by atoms with Crippen LogP contribution in [-0.4, -0.2) is 42.8 Å². The van der Waals surface area contributed by atoms with Crippen molar-refractivity contribution >= 4 is 12.1 Å². The zero-order valence-corrected chi connectivity index (χ0v) is 18.6. The molecule has 27 heavy (non-hydrogen) atoms. The van der Waals surface area contributed by atoms with Crippen LogP contribution in [0.5, 0.6) is 0 Å². The number of hydrogen-bond acceptors (Lipinski definition) is 3. The first-order valence-electron chi connectivity index (χ1n) is 11.5. The van der Waals surface area contributed by atoms with Crippen LogP contribution in [-0.2, 0) is 4.79 Å². The van der Waals surface area contributed by atoms with Gasteiger partial charge >= 0.3 is 0 Å². The molecular formula is C23H45N3O. The van der Waals surface area contributed by atoms with E-state index in [1.807, 2.05) is 25.0 Å². The Morgan fingerprint density at radius 3 is 2.07 bits per heavy atom. The molecule has 4 heteroatoms. The number of aliphatic imine (C=N–C) groups is 1. The van der Waals surface area contributed by atoms with E-state index in [4.69, 9.17) is 0 Å². The molecule has 1 heterocycles. The van der Waals surface area contributed by atoms with E-state index in [2.05, 4.69) is 24.2 Å². The Bertz CT molecular complexity index is 420. The first-order valence-corrected chi connectivity index (χ1v) is 11.5. The first kappa shape index (κ1) is 24.1. The average molecular weight is 380 g/mol. The van der Waals surface area contributed by atoms with Crippen molar-refractivity contribution < 1.29 is 4.79 Å². The molecule has 0 saturated heterocycles. The van der Waals surface area contributed by atoms with Gasteiger partial charge in [0, 0.05) is 12.8 Å². The van der Waals surface area contributed by atoms with Gasteiger partial charge in [-0.05, 0) is 33.7 Å². The van der Waals surface area contributed by atoms with E-state index >= 15 is 0 Å². The number of hydrogen-bond donors (Lipinski definition) is 1. The third-order valence-corrected chi connectivity index (χ3v) is 5.63. The maximum atomic E-state index is 12.6. The molecule has 1 unspecified atom stereocenters. The lowest BCUT2D eigenvalue weighted by Gasteiger charge is -2.33. The van der Waals surface area contributed by atoms with Gasteiger partial charge in [0.25, 0.3) is 0 Å². The Balaban J connectivity index is 1.99. The molecule has 0 aromatic heterocycles. The zero-order valence-electron chi connectivity index (χ0n) is 18.6. The Hall–Kier alpha value is -0.900. The molecule has 1 aliphatic heterocycles. The lowest BCUT2D eigenvalue weighted by Crippen LogP contribution is -2.51. The van der Waals surface area contributed by atoms with Gasteiger partial charge in [0.1, 0.15) is 0 Å². The Labute approximate surface area is 168 Å². The summed E-state index contributed by atoms with van der Waals surface area (Å²) < 4.78 is 0. The predicted molar refractivity (Wildman–Crippen MR) is 117 cm³/mol. The van der Waals surface area contributed by atoms with Crippen molar-refractivity contribution in [3.63, 3.8) is 0 Å². The largest absolute Gasteiger partial charge is 0.325 e. The van der Waals surface area contributed by atoms with Gasteiger partial charge in [0.2, 0.25) is 5.91 Å². The second-order valence-electron chi connectivity index (χ2n) is 8.77. The summed E-state index contributed by atoms with van der Waals surface area (Å²) >= 11 is 0. The van der Waals surface area contributed by atoms with E-state index in [9.17, 15) is 4.79 Å². The molecule has 1 atom stereocenters. The summed E-state index contributed by atoms with van der Waals surface area (Å²) in [5.41, 5.74) is -0.484. The standard InChI is InChI=1S/C23H45N3O/c1-5-6-7-8-9-10-11-12-13-14-15-16-17-25-21(2)26-19-18-24-20-23(3,4)22(26)27/h20-21,25H,5-19H2,1-4H3. The highest BCUT2D eigenvalue weighted by Crippen LogP contribution is 2.20. The predicted octanol–water partition coefficient (Wildman–Crippen LogP) is 5.56. The van der Waals surface area contributed by atoms with Gasteiger partial charge in [-0.15, -0.1) is 0 Å². The van der Waals surface area contributed by atoms with Gasteiger partial charge in [0.15, 0.2) is 0 Å². The van der Waals surface area contributed by atoms with Crippen LogP contribution in [0, 0.1) is 5.41 Å². The second kappa shape index (κ2) is 14.1. The minimum absolute atomic E-state index is 0.0891. The Morgan fingerprint density at radius 1 is 1.00 bits per heavy atom. The minimum atomic E-state index is -0.484. The van der Waals surface area contributed by atoms with Crippen molar-refractivity contribution in [2.75, 3.05) is 19.6 Å². The van der Waals surface area contributed by atoms with E-state index in [1.54, 1.807) is 0 Å². The fourth-order valence-electron chi connectivity index (χ4n) is 3.74. The molecule has 158 valence electrons. The molecule has 0 fully saturated rings. The quantitative estimate of drug-likeness (QED) is 0.378. The number of carbonyl (C=O) groups excluding carboxylic acids is 1. The Morgan fingerprint density at radius 2 is 1.52 bits per heavy atom. The smallest absolute Gasteiger partial charge is 0.234 e. The number of amides is 1. The third kappa shape index (κ3) is 10.3. The monoisotopic (exact) mass is 379 g/mol. The number of unbranched alkanes of at least 4 members (excludes halogenated alkanes) is 11. The number of carbonyl (C=O) groups is 1. The van der Waals surface area contributed by atoms with E-state index in [-0.39, 0.29) is 12.1 Å². The van der Waals surface area contributed by atoms with Gasteiger partial charge in [-0.2, -0.15) is 0 Å². The van der Waals surface area contributed by atoms with Gasteiger partial charge in [-0.1, -0.05) is 77.6 Å². The van der Waals surface area contributed by atoms with Crippen LogP contribution in [0.4, 0.5) is 0 Å². The zero-order chi connectivity index (χ0) is 20.0. The van der Waals surface area contributed by atoms with Crippen LogP contribution in [0.1, 0.15) is 105 Å². The lowest BCUT2D eigenvalue weighted by atomic mass is 9.93. The fraction of sp³-hybridized carbons (Fsp3) is 0.913. The van der Waals surface area contributed by atoms with Crippen molar-refractivity contribution in [3.8, 4) is 0 Å². The normalized spacial score (nSPS) is 17.9. The summed E-state index contributed by atoms with van der Waals surface area (Å²) in [4.78, 5) is 19.0. The van der Waals surface area contributed by atoms with Gasteiger partial charge in [-0.3, -0.25) is 15.1 Å². The van der Waals surface area contributed by atoms with E-state index in [0.29, 0.717) is 13.1 Å². The van der Waals surface area contributed by atoms with E-state index in [1.165, 1.54) is 77.0 Å². The lowest BCUT2D eigenvalue weighted by molar-refractivity contribution is -0.139. The molecule has 0 bridgehead atoms. The first-order chi connectivity index (χ1) is 13.0. The van der Waals surface area contributed by atoms with Crippen LogP contribution in [0.2, 0.25) is 0 Å². The van der Waals surface area contributed by atoms with Gasteiger partial charge in [0.05, 0.1) is 18.1 Å². The van der Waals surface area contributed by atoms with Crippen molar-refractivity contribution in [1.29, 1.82) is 0 Å². The summed E-state index contributed by atoms with van der Waals surface area (Å²) in [6.07, 6.45) is 18.4. The molecule has 0 aromatic carbocycles. The highest BCUT2D eigenvalue weighted by Gasteiger charge is 2.34. The Kier molecular flexibility index (Phi) is 12.6. The fourth-order valence-corrected chi connectivity index (χ4v) is 3.74. The summed E-state index contributed by atoms with van der Waals surface area (Å²) in [6, 6.07) is 0. The maximum Gasteiger partial charge on any atom is 0.234 e. The van der Waals surface area contributed by atoms with Crippen LogP contribution < -0.4 is 5.32 Å². The molecule has 1 rings (SSSR count). The third-order valence-electron chi connectivity index (χ3n) is 5.63. The molecule has 4 nitrogen and oxygen atoms in total. The van der Waals surface area contributed by atoms with E-state index < -0.39 is 5.41 Å². The van der Waals surface area contributed by atoms with Crippen LogP contribution in [0.3, 0.4) is 0 Å². The molecule has 0 aromatic rings. The number of nitrogens with one attached hydrogen (secondary N) is 1. The second-order valence-corrected chi connectivity index (χ2v) is 8.77. The van der Waals surface area contributed by atoms with Crippen molar-refractivity contribution in [1.82, 2.24) is 10.2 Å². The molecule has 1 N–H and O–H groups in total. The summed E-state index contributed by atoms with van der Waals surface area (Å²) in [5, 5.41) is 3.53. The van der Waals surface area contributed by atoms with Gasteiger partial charge < -0.3 is 4.90 Å². The van der Waals surface area contributed by atoms with Crippen molar-refractivity contribution in [2.45, 2.75) is 111 Å². The highest BCUT2D eigenvalue weighted by atomic mass is 16.2. The minimum Gasteiger partial charge on any atom is -0.325 e.